The van der Waals surface area contributed by atoms with Crippen molar-refractivity contribution in [2.24, 2.45) is 11.8 Å². The van der Waals surface area contributed by atoms with E-state index >= 15 is 0 Å². The molecule has 1 saturated carbocycles. The summed E-state index contributed by atoms with van der Waals surface area (Å²) < 4.78 is 0. The summed E-state index contributed by atoms with van der Waals surface area (Å²) in [6.07, 6.45) is 2.82. The van der Waals surface area contributed by atoms with Crippen molar-refractivity contribution in [2.45, 2.75) is 25.7 Å². The smallest absolute Gasteiger partial charge is 0.307 e. The standard InChI is InChI=1S/C11H18N2O4/c1-12-9(14)6-13-10(15)7-4-2-3-5-8(7)11(16)17/h7-8H,2-6H2,1H3,(H,12,14)(H,13,15)(H,16,17). The number of carbonyl (C=O) groups is 3. The number of rotatable bonds is 4. The van der Waals surface area contributed by atoms with Crippen LogP contribution in [0.4, 0.5) is 0 Å². The summed E-state index contributed by atoms with van der Waals surface area (Å²) in [4.78, 5) is 33.8. The molecular weight excluding hydrogens is 224 g/mol. The minimum Gasteiger partial charge on any atom is -0.481 e. The van der Waals surface area contributed by atoms with E-state index in [0.717, 1.165) is 12.8 Å². The summed E-state index contributed by atoms with van der Waals surface area (Å²) in [5.74, 6) is -2.68. The molecule has 1 rings (SSSR count). The molecule has 2 amide bonds. The predicted octanol–water partition coefficient (Wildman–Crippen LogP) is -0.260. The maximum Gasteiger partial charge on any atom is 0.307 e. The van der Waals surface area contributed by atoms with Crippen molar-refractivity contribution >= 4 is 17.8 Å². The zero-order valence-electron chi connectivity index (χ0n) is 9.86. The van der Waals surface area contributed by atoms with E-state index in [2.05, 4.69) is 10.6 Å². The highest BCUT2D eigenvalue weighted by atomic mass is 16.4. The molecule has 0 radical (unpaired) electrons. The van der Waals surface area contributed by atoms with E-state index < -0.39 is 17.8 Å². The molecule has 1 fully saturated rings. The van der Waals surface area contributed by atoms with E-state index in [1.807, 2.05) is 0 Å². The molecule has 0 aromatic rings. The Labute approximate surface area is 99.8 Å². The zero-order valence-corrected chi connectivity index (χ0v) is 9.86. The lowest BCUT2D eigenvalue weighted by atomic mass is 9.79. The van der Waals surface area contributed by atoms with Crippen LogP contribution < -0.4 is 10.6 Å². The zero-order chi connectivity index (χ0) is 12.8. The molecule has 3 N–H and O–H groups in total. The van der Waals surface area contributed by atoms with Gasteiger partial charge in [-0.3, -0.25) is 14.4 Å². The number of carboxylic acid groups (broad SMARTS) is 1. The van der Waals surface area contributed by atoms with E-state index in [1.54, 1.807) is 0 Å². The molecule has 17 heavy (non-hydrogen) atoms. The predicted molar refractivity (Wildman–Crippen MR) is 60.2 cm³/mol. The Balaban J connectivity index is 2.53. The van der Waals surface area contributed by atoms with Gasteiger partial charge < -0.3 is 15.7 Å². The van der Waals surface area contributed by atoms with Crippen LogP contribution in [0.1, 0.15) is 25.7 Å². The van der Waals surface area contributed by atoms with Crippen molar-refractivity contribution in [2.75, 3.05) is 13.6 Å². The van der Waals surface area contributed by atoms with Crippen LogP contribution in [0.15, 0.2) is 0 Å². The molecule has 6 heteroatoms. The van der Waals surface area contributed by atoms with Gasteiger partial charge in [-0.25, -0.2) is 0 Å². The minimum absolute atomic E-state index is 0.0990. The van der Waals surface area contributed by atoms with Crippen LogP contribution in [0.2, 0.25) is 0 Å². The quantitative estimate of drug-likeness (QED) is 0.633. The normalized spacial score (nSPS) is 23.8. The number of amides is 2. The van der Waals surface area contributed by atoms with Crippen LogP contribution in [0.5, 0.6) is 0 Å². The van der Waals surface area contributed by atoms with E-state index in [4.69, 9.17) is 5.11 Å². The van der Waals surface area contributed by atoms with Gasteiger partial charge in [0.05, 0.1) is 18.4 Å². The van der Waals surface area contributed by atoms with Crippen LogP contribution in [-0.4, -0.2) is 36.5 Å². The molecule has 2 atom stereocenters. The van der Waals surface area contributed by atoms with Gasteiger partial charge in [0.2, 0.25) is 11.8 Å². The summed E-state index contributed by atoms with van der Waals surface area (Å²) in [6.45, 7) is -0.0990. The first-order valence-corrected chi connectivity index (χ1v) is 5.77. The number of hydrogen-bond donors (Lipinski definition) is 3. The molecule has 96 valence electrons. The third-order valence-corrected chi connectivity index (χ3v) is 3.12. The number of likely N-dealkylation sites (N-methyl/N-ethyl adjacent to an activating group) is 1. The molecular formula is C11H18N2O4. The average Bonchev–Trinajstić information content (AvgIpc) is 2.35. The summed E-state index contributed by atoms with van der Waals surface area (Å²) in [6, 6.07) is 0. The molecule has 0 aromatic heterocycles. The highest BCUT2D eigenvalue weighted by molar-refractivity contribution is 5.88. The monoisotopic (exact) mass is 242 g/mol. The van der Waals surface area contributed by atoms with E-state index in [0.29, 0.717) is 12.8 Å². The molecule has 2 unspecified atom stereocenters. The second kappa shape index (κ2) is 6.22. The molecule has 0 heterocycles. The summed E-state index contributed by atoms with van der Waals surface area (Å²) >= 11 is 0. The summed E-state index contributed by atoms with van der Waals surface area (Å²) in [5, 5.41) is 13.9. The van der Waals surface area contributed by atoms with Gasteiger partial charge in [-0.2, -0.15) is 0 Å². The van der Waals surface area contributed by atoms with E-state index in [-0.39, 0.29) is 18.4 Å². The van der Waals surface area contributed by atoms with Gasteiger partial charge in [0.15, 0.2) is 0 Å². The van der Waals surface area contributed by atoms with Crippen LogP contribution in [-0.2, 0) is 14.4 Å². The first kappa shape index (κ1) is 13.5. The first-order valence-electron chi connectivity index (χ1n) is 5.77. The fraction of sp³-hybridized carbons (Fsp3) is 0.727. The number of nitrogens with one attached hydrogen (secondary N) is 2. The number of aliphatic carboxylic acids is 1. The average molecular weight is 242 g/mol. The Kier molecular flexibility index (Phi) is 4.93. The maximum absolute atomic E-state index is 11.8. The van der Waals surface area contributed by atoms with Crippen LogP contribution in [0, 0.1) is 11.8 Å². The lowest BCUT2D eigenvalue weighted by Gasteiger charge is -2.27. The highest BCUT2D eigenvalue weighted by Crippen LogP contribution is 2.30. The van der Waals surface area contributed by atoms with E-state index in [9.17, 15) is 14.4 Å². The molecule has 1 aliphatic carbocycles. The van der Waals surface area contributed by atoms with Crippen molar-refractivity contribution in [1.29, 1.82) is 0 Å². The number of carboxylic acids is 1. The van der Waals surface area contributed by atoms with Gasteiger partial charge in [0, 0.05) is 7.05 Å². The van der Waals surface area contributed by atoms with Gasteiger partial charge in [-0.05, 0) is 12.8 Å². The maximum atomic E-state index is 11.8. The van der Waals surface area contributed by atoms with Gasteiger partial charge >= 0.3 is 5.97 Å². The first-order chi connectivity index (χ1) is 8.06. The summed E-state index contributed by atoms with van der Waals surface area (Å²) in [5.41, 5.74) is 0. The molecule has 0 aliphatic heterocycles. The Morgan fingerprint density at radius 1 is 1.18 bits per heavy atom. The SMILES string of the molecule is CNC(=O)CNC(=O)C1CCCCC1C(=O)O. The van der Waals surface area contributed by atoms with Crippen molar-refractivity contribution < 1.29 is 19.5 Å². The van der Waals surface area contributed by atoms with Crippen LogP contribution in [0.3, 0.4) is 0 Å². The van der Waals surface area contributed by atoms with Crippen molar-refractivity contribution in [3.8, 4) is 0 Å². The third-order valence-electron chi connectivity index (χ3n) is 3.12. The Morgan fingerprint density at radius 2 is 1.76 bits per heavy atom. The Morgan fingerprint density at radius 3 is 2.29 bits per heavy atom. The lowest BCUT2D eigenvalue weighted by Crippen LogP contribution is -2.43. The number of carbonyl (C=O) groups excluding carboxylic acids is 2. The van der Waals surface area contributed by atoms with Crippen LogP contribution in [0.25, 0.3) is 0 Å². The minimum atomic E-state index is -0.926. The molecule has 0 aromatic carbocycles. The van der Waals surface area contributed by atoms with Gasteiger partial charge in [-0.15, -0.1) is 0 Å². The second-order valence-corrected chi connectivity index (χ2v) is 4.23. The third kappa shape index (κ3) is 3.72. The van der Waals surface area contributed by atoms with Crippen LogP contribution >= 0.6 is 0 Å². The van der Waals surface area contributed by atoms with Crippen molar-refractivity contribution in [3.05, 3.63) is 0 Å². The fourth-order valence-corrected chi connectivity index (χ4v) is 2.13. The Hall–Kier alpha value is -1.59. The molecule has 1 aliphatic rings. The molecule has 0 saturated heterocycles. The second-order valence-electron chi connectivity index (χ2n) is 4.23. The van der Waals surface area contributed by atoms with E-state index in [1.165, 1.54) is 7.05 Å². The highest BCUT2D eigenvalue weighted by Gasteiger charge is 2.35. The summed E-state index contributed by atoms with van der Waals surface area (Å²) in [7, 11) is 1.48. The van der Waals surface area contributed by atoms with Crippen molar-refractivity contribution in [1.82, 2.24) is 10.6 Å². The largest absolute Gasteiger partial charge is 0.481 e. The molecule has 0 bridgehead atoms. The lowest BCUT2D eigenvalue weighted by molar-refractivity contribution is -0.149. The number of hydrogen-bond acceptors (Lipinski definition) is 3. The topological polar surface area (TPSA) is 95.5 Å². The fourth-order valence-electron chi connectivity index (χ4n) is 2.13. The van der Waals surface area contributed by atoms with Gasteiger partial charge in [-0.1, -0.05) is 12.8 Å². The molecule has 6 nitrogen and oxygen atoms in total. The van der Waals surface area contributed by atoms with Gasteiger partial charge in [0.25, 0.3) is 0 Å². The molecule has 0 spiro atoms. The Bertz CT molecular complexity index is 317. The van der Waals surface area contributed by atoms with Gasteiger partial charge in [0.1, 0.15) is 0 Å². The van der Waals surface area contributed by atoms with Crippen molar-refractivity contribution in [3.63, 3.8) is 0 Å².